The zero-order valence-corrected chi connectivity index (χ0v) is 13.2. The monoisotopic (exact) mass is 296 g/mol. The highest BCUT2D eigenvalue weighted by atomic mass is 16.1. The third kappa shape index (κ3) is 3.47. The highest BCUT2D eigenvalue weighted by Crippen LogP contribution is 2.19. The van der Waals surface area contributed by atoms with E-state index in [9.17, 15) is 4.79 Å². The first-order valence-corrected chi connectivity index (χ1v) is 8.18. The van der Waals surface area contributed by atoms with Crippen molar-refractivity contribution in [2.75, 3.05) is 26.7 Å². The molecule has 1 aliphatic rings. The van der Waals surface area contributed by atoms with Gasteiger partial charge in [0.1, 0.15) is 0 Å². The molecule has 0 bridgehead atoms. The van der Waals surface area contributed by atoms with E-state index in [1.165, 1.54) is 19.4 Å². The summed E-state index contributed by atoms with van der Waals surface area (Å²) in [6.45, 7) is 3.13. The summed E-state index contributed by atoms with van der Waals surface area (Å²) in [4.78, 5) is 14.8. The smallest absolute Gasteiger partial charge is 0.251 e. The van der Waals surface area contributed by atoms with Gasteiger partial charge in [-0.25, -0.2) is 0 Å². The summed E-state index contributed by atoms with van der Waals surface area (Å²) in [7, 11) is 2.18. The van der Waals surface area contributed by atoms with E-state index in [4.69, 9.17) is 0 Å². The minimum absolute atomic E-state index is 0.0426. The number of carbonyl (C=O) groups excluding carboxylic acids is 1. The third-order valence-corrected chi connectivity index (χ3v) is 4.59. The summed E-state index contributed by atoms with van der Waals surface area (Å²) in [6.07, 6.45) is 3.63. The fourth-order valence-electron chi connectivity index (χ4n) is 3.42. The highest BCUT2D eigenvalue weighted by molar-refractivity contribution is 6.06. The molecule has 3 rings (SSSR count). The van der Waals surface area contributed by atoms with Crippen LogP contribution in [0.3, 0.4) is 0 Å². The number of piperidine rings is 1. The molecule has 1 N–H and O–H groups in total. The van der Waals surface area contributed by atoms with Gasteiger partial charge in [-0.3, -0.25) is 4.79 Å². The van der Waals surface area contributed by atoms with Crippen LogP contribution in [-0.4, -0.2) is 37.5 Å². The molecule has 3 heteroatoms. The van der Waals surface area contributed by atoms with Gasteiger partial charge in [0.25, 0.3) is 5.91 Å². The maximum Gasteiger partial charge on any atom is 0.251 e. The number of hydrogen-bond acceptors (Lipinski definition) is 2. The average molecular weight is 296 g/mol. The fraction of sp³-hybridized carbons (Fsp3) is 0.421. The van der Waals surface area contributed by atoms with Gasteiger partial charge in [0.2, 0.25) is 0 Å². The van der Waals surface area contributed by atoms with Gasteiger partial charge in [-0.05, 0) is 55.6 Å². The van der Waals surface area contributed by atoms with Crippen LogP contribution >= 0.6 is 0 Å². The largest absolute Gasteiger partial charge is 0.352 e. The standard InChI is InChI=1S/C19H24N2O/c1-21-13-5-6-15(14-21)11-12-20-19(22)18-10-4-8-16-7-2-3-9-17(16)18/h2-4,7-10,15H,5-6,11-14H2,1H3,(H,20,22)/t15-/m1/s1. The Morgan fingerprint density at radius 2 is 2.05 bits per heavy atom. The van der Waals surface area contributed by atoms with Gasteiger partial charge in [-0.2, -0.15) is 0 Å². The van der Waals surface area contributed by atoms with Crippen molar-refractivity contribution in [3.63, 3.8) is 0 Å². The number of carbonyl (C=O) groups is 1. The lowest BCUT2D eigenvalue weighted by Gasteiger charge is -2.29. The molecule has 0 spiro atoms. The Kier molecular flexibility index (Phi) is 4.74. The summed E-state index contributed by atoms with van der Waals surface area (Å²) in [5.74, 6) is 0.757. The van der Waals surface area contributed by atoms with Crippen molar-refractivity contribution >= 4 is 16.7 Å². The number of likely N-dealkylation sites (tertiary alicyclic amines) is 1. The Hall–Kier alpha value is -1.87. The van der Waals surface area contributed by atoms with Gasteiger partial charge in [0.15, 0.2) is 0 Å². The van der Waals surface area contributed by atoms with Gasteiger partial charge < -0.3 is 10.2 Å². The van der Waals surface area contributed by atoms with E-state index >= 15 is 0 Å². The van der Waals surface area contributed by atoms with Gasteiger partial charge in [0.05, 0.1) is 0 Å². The SMILES string of the molecule is CN1CCC[C@H](CCNC(=O)c2cccc3ccccc23)C1. The zero-order valence-electron chi connectivity index (χ0n) is 13.2. The van der Waals surface area contributed by atoms with E-state index in [0.29, 0.717) is 5.92 Å². The molecule has 0 aromatic heterocycles. The second-order valence-corrected chi connectivity index (χ2v) is 6.34. The lowest BCUT2D eigenvalue weighted by molar-refractivity contribution is 0.0950. The van der Waals surface area contributed by atoms with Crippen molar-refractivity contribution < 1.29 is 4.79 Å². The van der Waals surface area contributed by atoms with Gasteiger partial charge in [-0.15, -0.1) is 0 Å². The average Bonchev–Trinajstić information content (AvgIpc) is 2.54. The molecule has 2 aromatic rings. The first-order chi connectivity index (χ1) is 10.7. The molecular weight excluding hydrogens is 272 g/mol. The predicted octanol–water partition coefficient (Wildman–Crippen LogP) is 3.30. The number of amides is 1. The van der Waals surface area contributed by atoms with Gasteiger partial charge in [0, 0.05) is 18.7 Å². The van der Waals surface area contributed by atoms with Crippen molar-refractivity contribution in [2.24, 2.45) is 5.92 Å². The Morgan fingerprint density at radius 1 is 1.23 bits per heavy atom. The Labute approximate surface area is 132 Å². The summed E-state index contributed by atoms with van der Waals surface area (Å²) < 4.78 is 0. The lowest BCUT2D eigenvalue weighted by atomic mass is 9.95. The summed E-state index contributed by atoms with van der Waals surface area (Å²) in [6, 6.07) is 14.0. The van der Waals surface area contributed by atoms with E-state index in [1.807, 2.05) is 42.5 Å². The fourth-order valence-corrected chi connectivity index (χ4v) is 3.42. The Balaban J connectivity index is 1.59. The van der Waals surface area contributed by atoms with Crippen LogP contribution in [0.2, 0.25) is 0 Å². The quantitative estimate of drug-likeness (QED) is 0.939. The predicted molar refractivity (Wildman–Crippen MR) is 91.1 cm³/mol. The molecule has 116 valence electrons. The molecule has 0 unspecified atom stereocenters. The van der Waals surface area contributed by atoms with E-state index in [0.717, 1.165) is 35.8 Å². The molecule has 0 radical (unpaired) electrons. The van der Waals surface area contributed by atoms with E-state index in [2.05, 4.69) is 17.3 Å². The molecule has 0 aliphatic carbocycles. The maximum atomic E-state index is 12.4. The molecule has 2 aromatic carbocycles. The number of fused-ring (bicyclic) bond motifs is 1. The van der Waals surface area contributed by atoms with Gasteiger partial charge in [-0.1, -0.05) is 36.4 Å². The first-order valence-electron chi connectivity index (χ1n) is 8.18. The van der Waals surface area contributed by atoms with Crippen LogP contribution in [0, 0.1) is 5.92 Å². The van der Waals surface area contributed by atoms with Crippen LogP contribution < -0.4 is 5.32 Å². The molecule has 1 saturated heterocycles. The van der Waals surface area contributed by atoms with Crippen molar-refractivity contribution in [3.05, 3.63) is 48.0 Å². The summed E-state index contributed by atoms with van der Waals surface area (Å²) in [5, 5.41) is 5.24. The van der Waals surface area contributed by atoms with Crippen molar-refractivity contribution in [1.29, 1.82) is 0 Å². The van der Waals surface area contributed by atoms with Crippen LogP contribution in [0.4, 0.5) is 0 Å². The number of nitrogens with one attached hydrogen (secondary N) is 1. The minimum Gasteiger partial charge on any atom is -0.352 e. The van der Waals surface area contributed by atoms with E-state index < -0.39 is 0 Å². The normalized spacial score (nSPS) is 19.2. The molecule has 3 nitrogen and oxygen atoms in total. The molecule has 1 heterocycles. The van der Waals surface area contributed by atoms with E-state index in [-0.39, 0.29) is 5.91 Å². The second kappa shape index (κ2) is 6.93. The molecule has 1 fully saturated rings. The first kappa shape index (κ1) is 15.0. The minimum atomic E-state index is 0.0426. The molecule has 0 saturated carbocycles. The second-order valence-electron chi connectivity index (χ2n) is 6.34. The number of nitrogens with zero attached hydrogens (tertiary/aromatic N) is 1. The zero-order chi connectivity index (χ0) is 15.4. The highest BCUT2D eigenvalue weighted by Gasteiger charge is 2.17. The van der Waals surface area contributed by atoms with Crippen LogP contribution in [0.5, 0.6) is 0 Å². The van der Waals surface area contributed by atoms with Crippen LogP contribution in [0.15, 0.2) is 42.5 Å². The topological polar surface area (TPSA) is 32.3 Å². The molecule has 22 heavy (non-hydrogen) atoms. The molecule has 1 atom stereocenters. The van der Waals surface area contributed by atoms with E-state index in [1.54, 1.807) is 0 Å². The maximum absolute atomic E-state index is 12.4. The van der Waals surface area contributed by atoms with Crippen molar-refractivity contribution in [1.82, 2.24) is 10.2 Å². The van der Waals surface area contributed by atoms with Gasteiger partial charge >= 0.3 is 0 Å². The molecule has 1 aliphatic heterocycles. The third-order valence-electron chi connectivity index (χ3n) is 4.59. The van der Waals surface area contributed by atoms with Crippen molar-refractivity contribution in [2.45, 2.75) is 19.3 Å². The van der Waals surface area contributed by atoms with Crippen LogP contribution in [0.1, 0.15) is 29.6 Å². The summed E-state index contributed by atoms with van der Waals surface area (Å²) in [5.41, 5.74) is 0.777. The number of benzene rings is 2. The van der Waals surface area contributed by atoms with Crippen LogP contribution in [0.25, 0.3) is 10.8 Å². The van der Waals surface area contributed by atoms with Crippen LogP contribution in [-0.2, 0) is 0 Å². The molecule has 1 amide bonds. The summed E-state index contributed by atoms with van der Waals surface area (Å²) >= 11 is 0. The number of hydrogen-bond donors (Lipinski definition) is 1. The van der Waals surface area contributed by atoms with Crippen molar-refractivity contribution in [3.8, 4) is 0 Å². The Morgan fingerprint density at radius 3 is 2.91 bits per heavy atom. The number of rotatable bonds is 4. The Bertz CT molecular complexity index is 647. The molecular formula is C19H24N2O. The lowest BCUT2D eigenvalue weighted by Crippen LogP contribution is -2.34.